The predicted octanol–water partition coefficient (Wildman–Crippen LogP) is 2.11. The van der Waals surface area contributed by atoms with E-state index in [-0.39, 0.29) is 0 Å². The number of hydrogen-bond donors (Lipinski definition) is 0. The van der Waals surface area contributed by atoms with E-state index in [2.05, 4.69) is 16.7 Å². The second-order valence-electron chi connectivity index (χ2n) is 6.32. The molecule has 2 saturated heterocycles. The molecule has 0 radical (unpaired) electrons. The summed E-state index contributed by atoms with van der Waals surface area (Å²) in [6, 6.07) is 2.30. The van der Waals surface area contributed by atoms with Crippen LogP contribution in [0.3, 0.4) is 0 Å². The van der Waals surface area contributed by atoms with Gasteiger partial charge in [-0.05, 0) is 45.1 Å². The average Bonchev–Trinajstić information content (AvgIpc) is 3.04. The Morgan fingerprint density at radius 2 is 2.00 bits per heavy atom. The van der Waals surface area contributed by atoms with Crippen LogP contribution < -0.4 is 0 Å². The summed E-state index contributed by atoms with van der Waals surface area (Å²) in [4.78, 5) is 5.55. The second-order valence-corrected chi connectivity index (χ2v) is 6.32. The summed E-state index contributed by atoms with van der Waals surface area (Å²) >= 11 is 0. The Labute approximate surface area is 111 Å². The summed E-state index contributed by atoms with van der Waals surface area (Å²) in [5, 5.41) is 0. The van der Waals surface area contributed by atoms with Crippen molar-refractivity contribution >= 4 is 0 Å². The minimum absolute atomic E-state index is 0.493. The van der Waals surface area contributed by atoms with Gasteiger partial charge in [0.2, 0.25) is 0 Å². The van der Waals surface area contributed by atoms with E-state index in [1.54, 1.807) is 0 Å². The summed E-state index contributed by atoms with van der Waals surface area (Å²) in [5.41, 5.74) is 0. The molecule has 3 heteroatoms. The molecule has 0 spiro atoms. The van der Waals surface area contributed by atoms with E-state index in [1.807, 2.05) is 7.11 Å². The van der Waals surface area contributed by atoms with Gasteiger partial charge in [0.05, 0.1) is 6.10 Å². The Balaban J connectivity index is 1.72. The minimum Gasteiger partial charge on any atom is -0.380 e. The van der Waals surface area contributed by atoms with Crippen molar-refractivity contribution in [2.75, 3.05) is 26.7 Å². The van der Waals surface area contributed by atoms with Crippen molar-refractivity contribution in [3.8, 4) is 0 Å². The molecule has 0 amide bonds. The van der Waals surface area contributed by atoms with Gasteiger partial charge in [-0.2, -0.15) is 0 Å². The lowest BCUT2D eigenvalue weighted by atomic mass is 10.0. The first-order chi connectivity index (χ1) is 8.83. The van der Waals surface area contributed by atoms with E-state index in [4.69, 9.17) is 4.74 Å². The van der Waals surface area contributed by atoms with Crippen LogP contribution in [0.2, 0.25) is 0 Å². The van der Waals surface area contributed by atoms with Gasteiger partial charge >= 0.3 is 0 Å². The van der Waals surface area contributed by atoms with Crippen LogP contribution in [0.4, 0.5) is 0 Å². The molecule has 0 aromatic heterocycles. The van der Waals surface area contributed by atoms with Gasteiger partial charge in [-0.3, -0.25) is 9.80 Å². The van der Waals surface area contributed by atoms with Crippen molar-refractivity contribution in [3.63, 3.8) is 0 Å². The third-order valence-corrected chi connectivity index (χ3v) is 5.45. The zero-order valence-corrected chi connectivity index (χ0v) is 12.0. The van der Waals surface area contributed by atoms with Crippen LogP contribution in [-0.2, 0) is 4.74 Å². The van der Waals surface area contributed by atoms with Crippen molar-refractivity contribution < 1.29 is 4.74 Å². The molecule has 3 rings (SSSR count). The van der Waals surface area contributed by atoms with Crippen LogP contribution in [0.25, 0.3) is 0 Å². The standard InChI is InChI=1S/C15H28N2O/c1-3-12-10-16-9-5-6-13(16)11-17(12)14-7-4-8-15(14)18-2/h12-15H,3-11H2,1-2H3. The van der Waals surface area contributed by atoms with Gasteiger partial charge in [0.15, 0.2) is 0 Å². The lowest BCUT2D eigenvalue weighted by Crippen LogP contribution is -2.60. The Morgan fingerprint density at radius 1 is 1.11 bits per heavy atom. The first-order valence-corrected chi connectivity index (χ1v) is 7.86. The maximum Gasteiger partial charge on any atom is 0.0726 e. The summed E-state index contributed by atoms with van der Waals surface area (Å²) in [7, 11) is 1.90. The number of hydrogen-bond acceptors (Lipinski definition) is 3. The zero-order valence-electron chi connectivity index (χ0n) is 12.0. The molecule has 0 bridgehead atoms. The molecule has 2 aliphatic heterocycles. The van der Waals surface area contributed by atoms with Crippen LogP contribution in [0.5, 0.6) is 0 Å². The van der Waals surface area contributed by atoms with Crippen molar-refractivity contribution in [3.05, 3.63) is 0 Å². The van der Waals surface area contributed by atoms with Gasteiger partial charge in [-0.15, -0.1) is 0 Å². The second kappa shape index (κ2) is 5.48. The molecule has 3 fully saturated rings. The lowest BCUT2D eigenvalue weighted by Gasteiger charge is -2.47. The van der Waals surface area contributed by atoms with E-state index in [1.165, 1.54) is 58.2 Å². The first-order valence-electron chi connectivity index (χ1n) is 7.86. The number of ether oxygens (including phenoxy) is 1. The number of piperazine rings is 1. The molecule has 0 N–H and O–H groups in total. The molecule has 2 heterocycles. The van der Waals surface area contributed by atoms with Gasteiger partial charge in [-0.25, -0.2) is 0 Å². The first kappa shape index (κ1) is 12.9. The van der Waals surface area contributed by atoms with E-state index >= 15 is 0 Å². The molecule has 18 heavy (non-hydrogen) atoms. The maximum atomic E-state index is 5.73. The fourth-order valence-electron chi connectivity index (χ4n) is 4.44. The quantitative estimate of drug-likeness (QED) is 0.765. The SMILES string of the molecule is CCC1CN2CCCC2CN1C1CCCC1OC. The summed E-state index contributed by atoms with van der Waals surface area (Å²) < 4.78 is 5.73. The number of nitrogens with zero attached hydrogens (tertiary/aromatic N) is 2. The van der Waals surface area contributed by atoms with Crippen molar-refractivity contribution in [1.82, 2.24) is 9.80 Å². The predicted molar refractivity (Wildman–Crippen MR) is 73.8 cm³/mol. The molecule has 104 valence electrons. The van der Waals surface area contributed by atoms with Gasteiger partial charge in [0.25, 0.3) is 0 Å². The smallest absolute Gasteiger partial charge is 0.0726 e. The molecular formula is C15H28N2O. The van der Waals surface area contributed by atoms with Gasteiger partial charge in [0.1, 0.15) is 0 Å². The zero-order chi connectivity index (χ0) is 12.5. The molecule has 1 saturated carbocycles. The lowest BCUT2D eigenvalue weighted by molar-refractivity contribution is -0.0310. The summed E-state index contributed by atoms with van der Waals surface area (Å²) in [6.07, 6.45) is 8.57. The van der Waals surface area contributed by atoms with Crippen molar-refractivity contribution in [1.29, 1.82) is 0 Å². The van der Waals surface area contributed by atoms with E-state index in [0.717, 1.165) is 12.1 Å². The Kier molecular flexibility index (Phi) is 3.92. The van der Waals surface area contributed by atoms with Crippen LogP contribution in [0.15, 0.2) is 0 Å². The van der Waals surface area contributed by atoms with Crippen LogP contribution in [0, 0.1) is 0 Å². The number of fused-ring (bicyclic) bond motifs is 1. The Morgan fingerprint density at radius 3 is 2.78 bits per heavy atom. The topological polar surface area (TPSA) is 15.7 Å². The minimum atomic E-state index is 0.493. The molecule has 3 aliphatic rings. The molecular weight excluding hydrogens is 224 g/mol. The van der Waals surface area contributed by atoms with Crippen LogP contribution in [0.1, 0.15) is 45.4 Å². The monoisotopic (exact) mass is 252 g/mol. The van der Waals surface area contributed by atoms with Gasteiger partial charge in [0, 0.05) is 38.3 Å². The molecule has 0 aromatic carbocycles. The molecule has 1 aliphatic carbocycles. The van der Waals surface area contributed by atoms with Crippen LogP contribution >= 0.6 is 0 Å². The van der Waals surface area contributed by atoms with Crippen molar-refractivity contribution in [2.24, 2.45) is 0 Å². The third-order valence-electron chi connectivity index (χ3n) is 5.45. The largest absolute Gasteiger partial charge is 0.380 e. The number of rotatable bonds is 3. The highest BCUT2D eigenvalue weighted by molar-refractivity contribution is 4.97. The fraction of sp³-hybridized carbons (Fsp3) is 1.00. The average molecular weight is 252 g/mol. The summed E-state index contributed by atoms with van der Waals surface area (Å²) in [5.74, 6) is 0. The van der Waals surface area contributed by atoms with E-state index < -0.39 is 0 Å². The number of methoxy groups -OCH3 is 1. The van der Waals surface area contributed by atoms with Gasteiger partial charge < -0.3 is 4.74 Å². The van der Waals surface area contributed by atoms with E-state index in [0.29, 0.717) is 12.1 Å². The molecule has 4 unspecified atom stereocenters. The normalized spacial score (nSPS) is 42.3. The molecule has 4 atom stereocenters. The highest BCUT2D eigenvalue weighted by atomic mass is 16.5. The van der Waals surface area contributed by atoms with Gasteiger partial charge in [-0.1, -0.05) is 6.92 Å². The Hall–Kier alpha value is -0.120. The van der Waals surface area contributed by atoms with E-state index in [9.17, 15) is 0 Å². The highest BCUT2D eigenvalue weighted by Crippen LogP contribution is 2.33. The molecule has 0 aromatic rings. The van der Waals surface area contributed by atoms with Crippen LogP contribution in [-0.4, -0.2) is 60.8 Å². The summed E-state index contributed by atoms with van der Waals surface area (Å²) in [6.45, 7) is 6.29. The molecule has 3 nitrogen and oxygen atoms in total. The van der Waals surface area contributed by atoms with Crippen molar-refractivity contribution in [2.45, 2.75) is 69.7 Å². The fourth-order valence-corrected chi connectivity index (χ4v) is 4.44. The highest BCUT2D eigenvalue weighted by Gasteiger charge is 2.42. The maximum absolute atomic E-state index is 5.73. The Bertz CT molecular complexity index is 284. The third kappa shape index (κ3) is 2.21.